The summed E-state index contributed by atoms with van der Waals surface area (Å²) in [5.74, 6) is -6.24. The normalized spacial score (nSPS) is 14.1. The predicted octanol–water partition coefficient (Wildman–Crippen LogP) is -1.66. The summed E-state index contributed by atoms with van der Waals surface area (Å²) in [5, 5.41) is 26.1. The Morgan fingerprint density at radius 1 is 0.919 bits per heavy atom. The highest BCUT2D eigenvalue weighted by Gasteiger charge is 2.31. The number of primary amides is 1. The van der Waals surface area contributed by atoms with Gasteiger partial charge in [0.05, 0.1) is 12.5 Å². The molecule has 37 heavy (non-hydrogen) atoms. The molecular formula is C23H30N6O8. The fraction of sp³-hybridized carbons (Fsp3) is 0.391. The van der Waals surface area contributed by atoms with Gasteiger partial charge >= 0.3 is 11.9 Å². The highest BCUT2D eigenvalue weighted by molar-refractivity contribution is 5.95. The maximum atomic E-state index is 13.1. The number of carbonyl (C=O) groups is 6. The number of H-pyrrole nitrogens is 1. The van der Waals surface area contributed by atoms with Gasteiger partial charge < -0.3 is 42.6 Å². The van der Waals surface area contributed by atoms with E-state index in [0.717, 1.165) is 10.9 Å². The molecule has 14 nitrogen and oxygen atoms in total. The maximum Gasteiger partial charge on any atom is 0.326 e. The van der Waals surface area contributed by atoms with Gasteiger partial charge in [-0.25, -0.2) is 4.79 Å². The van der Waals surface area contributed by atoms with Crippen molar-refractivity contribution in [1.29, 1.82) is 0 Å². The molecule has 0 bridgehead atoms. The molecule has 2 rings (SSSR count). The number of aromatic amines is 1. The summed E-state index contributed by atoms with van der Waals surface area (Å²) in [6.45, 7) is 1.39. The number of carbonyl (C=O) groups excluding carboxylic acids is 4. The molecule has 0 aliphatic carbocycles. The number of rotatable bonds is 14. The van der Waals surface area contributed by atoms with Gasteiger partial charge in [-0.3, -0.25) is 24.0 Å². The van der Waals surface area contributed by atoms with Crippen molar-refractivity contribution in [3.63, 3.8) is 0 Å². The van der Waals surface area contributed by atoms with Crippen LogP contribution >= 0.6 is 0 Å². The lowest BCUT2D eigenvalue weighted by Gasteiger charge is -2.24. The van der Waals surface area contributed by atoms with Gasteiger partial charge in [0.1, 0.15) is 18.1 Å². The highest BCUT2D eigenvalue weighted by atomic mass is 16.4. The number of nitrogens with one attached hydrogen (secondary N) is 4. The first-order valence-electron chi connectivity index (χ1n) is 11.3. The first-order valence-corrected chi connectivity index (χ1v) is 11.3. The fourth-order valence-electron chi connectivity index (χ4n) is 3.51. The Kier molecular flexibility index (Phi) is 10.1. The summed E-state index contributed by atoms with van der Waals surface area (Å²) < 4.78 is 0. The van der Waals surface area contributed by atoms with Gasteiger partial charge in [-0.2, -0.15) is 0 Å². The van der Waals surface area contributed by atoms with E-state index in [4.69, 9.17) is 16.6 Å². The summed E-state index contributed by atoms with van der Waals surface area (Å²) in [6, 6.07) is 1.76. The van der Waals surface area contributed by atoms with Gasteiger partial charge in [0.15, 0.2) is 0 Å². The Labute approximate surface area is 211 Å². The monoisotopic (exact) mass is 518 g/mol. The molecule has 0 aliphatic heterocycles. The molecule has 4 amide bonds. The first kappa shape index (κ1) is 28.8. The van der Waals surface area contributed by atoms with Gasteiger partial charge in [0.25, 0.3) is 0 Å². The second-order valence-corrected chi connectivity index (χ2v) is 8.48. The van der Waals surface area contributed by atoms with Crippen LogP contribution in [0.1, 0.15) is 31.7 Å². The zero-order chi connectivity index (χ0) is 27.7. The number of benzene rings is 1. The van der Waals surface area contributed by atoms with Crippen LogP contribution in [0.4, 0.5) is 0 Å². The van der Waals surface area contributed by atoms with Crippen LogP contribution in [0, 0.1) is 0 Å². The number of amides is 4. The molecule has 14 heteroatoms. The van der Waals surface area contributed by atoms with E-state index in [1.807, 2.05) is 0 Å². The topological polar surface area (TPSA) is 247 Å². The van der Waals surface area contributed by atoms with Crippen molar-refractivity contribution in [2.75, 3.05) is 0 Å². The molecule has 0 aliphatic rings. The summed E-state index contributed by atoms with van der Waals surface area (Å²) in [4.78, 5) is 75.1. The van der Waals surface area contributed by atoms with Crippen molar-refractivity contribution in [2.45, 2.75) is 56.8 Å². The molecule has 0 saturated carbocycles. The van der Waals surface area contributed by atoms with Crippen molar-refractivity contribution < 1.29 is 39.0 Å². The molecule has 1 aromatic heterocycles. The number of carboxylic acid groups (broad SMARTS) is 2. The summed E-state index contributed by atoms with van der Waals surface area (Å²) in [7, 11) is 0. The third-order valence-corrected chi connectivity index (χ3v) is 5.45. The lowest BCUT2D eigenvalue weighted by Crippen LogP contribution is -2.57. The van der Waals surface area contributed by atoms with Crippen LogP contribution < -0.4 is 27.4 Å². The second kappa shape index (κ2) is 13.0. The number of hydrogen-bond donors (Lipinski definition) is 8. The Morgan fingerprint density at radius 3 is 2.11 bits per heavy atom. The van der Waals surface area contributed by atoms with E-state index in [0.29, 0.717) is 5.56 Å². The van der Waals surface area contributed by atoms with E-state index >= 15 is 0 Å². The van der Waals surface area contributed by atoms with E-state index in [1.165, 1.54) is 6.92 Å². The van der Waals surface area contributed by atoms with Crippen LogP contribution in [0.3, 0.4) is 0 Å². The third kappa shape index (κ3) is 8.61. The summed E-state index contributed by atoms with van der Waals surface area (Å²) in [5.41, 5.74) is 12.1. The Hall–Kier alpha value is -4.46. The van der Waals surface area contributed by atoms with E-state index in [1.54, 1.807) is 30.5 Å². The Morgan fingerprint density at radius 2 is 1.51 bits per heavy atom. The molecule has 0 spiro atoms. The number of aliphatic carboxylic acids is 2. The first-order chi connectivity index (χ1) is 17.4. The van der Waals surface area contributed by atoms with Gasteiger partial charge in [-0.15, -0.1) is 0 Å². The number of aromatic nitrogens is 1. The molecule has 1 heterocycles. The molecule has 0 fully saturated rings. The van der Waals surface area contributed by atoms with E-state index < -0.39 is 66.2 Å². The minimum absolute atomic E-state index is 0.106. The minimum atomic E-state index is -1.75. The van der Waals surface area contributed by atoms with Gasteiger partial charge in [0.2, 0.25) is 23.6 Å². The van der Waals surface area contributed by atoms with E-state index in [9.17, 15) is 33.9 Å². The Balaban J connectivity index is 2.34. The lowest BCUT2D eigenvalue weighted by molar-refractivity contribution is -0.147. The van der Waals surface area contributed by atoms with Gasteiger partial charge in [-0.1, -0.05) is 18.2 Å². The number of para-hydroxylation sites is 1. The number of nitrogens with two attached hydrogens (primary N) is 2. The third-order valence-electron chi connectivity index (χ3n) is 5.45. The average Bonchev–Trinajstić information content (AvgIpc) is 3.22. The van der Waals surface area contributed by atoms with Crippen LogP contribution in [0.15, 0.2) is 30.5 Å². The maximum absolute atomic E-state index is 13.1. The molecule has 4 atom stereocenters. The van der Waals surface area contributed by atoms with Crippen molar-refractivity contribution in [2.24, 2.45) is 11.5 Å². The van der Waals surface area contributed by atoms with Crippen molar-refractivity contribution in [3.05, 3.63) is 36.0 Å². The SMILES string of the molecule is CC(N)C(=O)NC(CCC(N)=O)C(=O)NC(Cc1c[nH]c2ccccc12)C(=O)NC(CC(=O)O)C(=O)O. The quantitative estimate of drug-likeness (QED) is 0.142. The summed E-state index contributed by atoms with van der Waals surface area (Å²) in [6.07, 6.45) is 0.185. The van der Waals surface area contributed by atoms with Gasteiger partial charge in [-0.05, 0) is 25.0 Å². The molecule has 2 aromatic rings. The molecule has 200 valence electrons. The summed E-state index contributed by atoms with van der Waals surface area (Å²) >= 11 is 0. The van der Waals surface area contributed by atoms with Crippen molar-refractivity contribution in [3.8, 4) is 0 Å². The predicted molar refractivity (Wildman–Crippen MR) is 130 cm³/mol. The van der Waals surface area contributed by atoms with Crippen LogP contribution in [0.5, 0.6) is 0 Å². The largest absolute Gasteiger partial charge is 0.481 e. The lowest BCUT2D eigenvalue weighted by atomic mass is 10.0. The fourth-order valence-corrected chi connectivity index (χ4v) is 3.51. The molecule has 4 unspecified atom stereocenters. The molecule has 10 N–H and O–H groups in total. The van der Waals surface area contributed by atoms with Crippen LogP contribution in [-0.4, -0.2) is 74.9 Å². The highest BCUT2D eigenvalue weighted by Crippen LogP contribution is 2.19. The standard InChI is InChI=1S/C23H30N6O8/c1-11(24)20(33)27-15(6-7-18(25)30)21(34)28-16(22(35)29-17(23(36)37)9-19(31)32)8-12-10-26-14-5-3-2-4-13(12)14/h2-5,10-11,15-17,26H,6-9,24H2,1H3,(H2,25,30)(H,27,33)(H,28,34)(H,29,35)(H,31,32)(H,36,37). The molecule has 1 aromatic carbocycles. The van der Waals surface area contributed by atoms with E-state index in [-0.39, 0.29) is 19.3 Å². The van der Waals surface area contributed by atoms with Crippen molar-refractivity contribution >= 4 is 46.5 Å². The molecular weight excluding hydrogens is 488 g/mol. The Bertz CT molecular complexity index is 1180. The molecule has 0 radical (unpaired) electrons. The molecule has 0 saturated heterocycles. The minimum Gasteiger partial charge on any atom is -0.481 e. The number of hydrogen-bond acceptors (Lipinski definition) is 7. The number of carboxylic acids is 2. The number of fused-ring (bicyclic) bond motifs is 1. The van der Waals surface area contributed by atoms with E-state index in [2.05, 4.69) is 20.9 Å². The second-order valence-electron chi connectivity index (χ2n) is 8.48. The zero-order valence-corrected chi connectivity index (χ0v) is 20.0. The van der Waals surface area contributed by atoms with Crippen molar-refractivity contribution in [1.82, 2.24) is 20.9 Å². The van der Waals surface area contributed by atoms with Crippen LogP contribution in [-0.2, 0) is 35.2 Å². The van der Waals surface area contributed by atoms with Crippen LogP contribution in [0.25, 0.3) is 10.9 Å². The average molecular weight is 519 g/mol. The van der Waals surface area contributed by atoms with Crippen LogP contribution in [0.2, 0.25) is 0 Å². The zero-order valence-electron chi connectivity index (χ0n) is 20.0. The smallest absolute Gasteiger partial charge is 0.326 e. The van der Waals surface area contributed by atoms with Gasteiger partial charge in [0, 0.05) is 29.9 Å².